The second kappa shape index (κ2) is 5.07. The Labute approximate surface area is 112 Å². The van der Waals surface area contributed by atoms with Crippen molar-refractivity contribution in [1.29, 1.82) is 0 Å². The van der Waals surface area contributed by atoms with Crippen molar-refractivity contribution in [3.63, 3.8) is 0 Å². The molecule has 5 heteroatoms. The lowest BCUT2D eigenvalue weighted by molar-refractivity contribution is 0.340. The van der Waals surface area contributed by atoms with Gasteiger partial charge in [-0.3, -0.25) is 4.57 Å². The van der Waals surface area contributed by atoms with Crippen LogP contribution in [-0.2, 0) is 13.5 Å². The van der Waals surface area contributed by atoms with E-state index >= 15 is 0 Å². The number of rotatable bonds is 3. The first-order valence-corrected chi connectivity index (χ1v) is 7.01. The van der Waals surface area contributed by atoms with E-state index in [1.165, 1.54) is 25.0 Å². The fourth-order valence-electron chi connectivity index (χ4n) is 3.02. The Kier molecular flexibility index (Phi) is 3.27. The molecule has 3 rings (SSSR count). The minimum absolute atomic E-state index is 0.0592. The smallest absolute Gasteiger partial charge is 0.343 e. The minimum atomic E-state index is -0.0592. The Morgan fingerprint density at radius 2 is 2.16 bits per heavy atom. The van der Waals surface area contributed by atoms with Gasteiger partial charge in [0.25, 0.3) is 0 Å². The van der Waals surface area contributed by atoms with Crippen LogP contribution in [0, 0.1) is 0 Å². The van der Waals surface area contributed by atoms with E-state index in [9.17, 15) is 4.79 Å². The molecule has 0 spiro atoms. The second-order valence-electron chi connectivity index (χ2n) is 5.39. The molecule has 102 valence electrons. The fraction of sp³-hybridized carbons (Fsp3) is 0.571. The molecule has 0 aromatic carbocycles. The van der Waals surface area contributed by atoms with E-state index in [0.717, 1.165) is 18.7 Å². The lowest BCUT2D eigenvalue weighted by Gasteiger charge is -2.23. The summed E-state index contributed by atoms with van der Waals surface area (Å²) in [6.45, 7) is 0. The number of aryl methyl sites for hydroxylation is 1. The lowest BCUT2D eigenvalue weighted by atomic mass is 9.95. The van der Waals surface area contributed by atoms with E-state index in [2.05, 4.69) is 20.8 Å². The molecule has 0 aliphatic heterocycles. The van der Waals surface area contributed by atoms with Crippen molar-refractivity contribution in [1.82, 2.24) is 19.3 Å². The van der Waals surface area contributed by atoms with Crippen LogP contribution in [0.25, 0.3) is 0 Å². The maximum Gasteiger partial charge on any atom is 0.343 e. The maximum absolute atomic E-state index is 12.0. The average molecular weight is 260 g/mol. The Bertz CT molecular complexity index is 601. The molecule has 0 amide bonds. The SMILES string of the molecule is Cn1cccc1Cc1n[nH]c(=O)n1C1CCCCC1. The van der Waals surface area contributed by atoms with Gasteiger partial charge in [-0.15, -0.1) is 0 Å². The van der Waals surface area contributed by atoms with Crippen molar-refractivity contribution >= 4 is 0 Å². The molecule has 0 atom stereocenters. The normalized spacial score (nSPS) is 16.9. The second-order valence-corrected chi connectivity index (χ2v) is 5.39. The Morgan fingerprint density at radius 1 is 1.37 bits per heavy atom. The third-order valence-corrected chi connectivity index (χ3v) is 4.11. The zero-order valence-corrected chi connectivity index (χ0v) is 11.3. The molecule has 0 saturated heterocycles. The topological polar surface area (TPSA) is 55.6 Å². The molecular formula is C14H20N4O. The number of aromatic amines is 1. The number of aromatic nitrogens is 4. The van der Waals surface area contributed by atoms with E-state index in [4.69, 9.17) is 0 Å². The predicted octanol–water partition coefficient (Wildman–Crippen LogP) is 2.01. The van der Waals surface area contributed by atoms with Gasteiger partial charge in [0, 0.05) is 31.4 Å². The van der Waals surface area contributed by atoms with Crippen molar-refractivity contribution in [2.45, 2.75) is 44.6 Å². The van der Waals surface area contributed by atoms with Gasteiger partial charge in [0.1, 0.15) is 5.82 Å². The Hall–Kier alpha value is -1.78. The molecule has 2 heterocycles. The van der Waals surface area contributed by atoms with Crippen LogP contribution in [-0.4, -0.2) is 19.3 Å². The van der Waals surface area contributed by atoms with E-state index in [1.807, 2.05) is 23.9 Å². The standard InChI is InChI=1S/C14H20N4O/c1-17-9-5-8-12(17)10-13-15-16-14(19)18(13)11-6-3-2-4-7-11/h5,8-9,11H,2-4,6-7,10H2,1H3,(H,16,19). The molecule has 2 aromatic heterocycles. The first-order valence-electron chi connectivity index (χ1n) is 7.01. The van der Waals surface area contributed by atoms with Gasteiger partial charge in [-0.05, 0) is 25.0 Å². The van der Waals surface area contributed by atoms with Gasteiger partial charge in [0.05, 0.1) is 0 Å². The van der Waals surface area contributed by atoms with Crippen molar-refractivity contribution in [2.24, 2.45) is 7.05 Å². The van der Waals surface area contributed by atoms with Crippen LogP contribution < -0.4 is 5.69 Å². The number of H-pyrrole nitrogens is 1. The van der Waals surface area contributed by atoms with Gasteiger partial charge in [-0.1, -0.05) is 19.3 Å². The van der Waals surface area contributed by atoms with Crippen LogP contribution in [0.2, 0.25) is 0 Å². The van der Waals surface area contributed by atoms with Crippen LogP contribution in [0.1, 0.15) is 49.7 Å². The van der Waals surface area contributed by atoms with Crippen LogP contribution in [0.4, 0.5) is 0 Å². The van der Waals surface area contributed by atoms with E-state index in [1.54, 1.807) is 0 Å². The van der Waals surface area contributed by atoms with Crippen molar-refractivity contribution in [3.8, 4) is 0 Å². The summed E-state index contributed by atoms with van der Waals surface area (Å²) < 4.78 is 3.95. The molecule has 0 unspecified atom stereocenters. The summed E-state index contributed by atoms with van der Waals surface area (Å²) in [4.78, 5) is 12.0. The van der Waals surface area contributed by atoms with E-state index in [-0.39, 0.29) is 5.69 Å². The first-order chi connectivity index (χ1) is 9.25. The largest absolute Gasteiger partial charge is 0.354 e. The number of hydrogen-bond acceptors (Lipinski definition) is 2. The maximum atomic E-state index is 12.0. The zero-order chi connectivity index (χ0) is 13.2. The number of hydrogen-bond donors (Lipinski definition) is 1. The summed E-state index contributed by atoms with van der Waals surface area (Å²) >= 11 is 0. The highest BCUT2D eigenvalue weighted by Gasteiger charge is 2.21. The van der Waals surface area contributed by atoms with Crippen molar-refractivity contribution in [2.75, 3.05) is 0 Å². The molecule has 1 aliphatic carbocycles. The van der Waals surface area contributed by atoms with Gasteiger partial charge in [0.15, 0.2) is 0 Å². The van der Waals surface area contributed by atoms with Gasteiger partial charge in [-0.25, -0.2) is 9.89 Å². The summed E-state index contributed by atoms with van der Waals surface area (Å²) in [5.74, 6) is 0.860. The number of nitrogens with one attached hydrogen (secondary N) is 1. The van der Waals surface area contributed by atoms with Gasteiger partial charge >= 0.3 is 5.69 Å². The van der Waals surface area contributed by atoms with Gasteiger partial charge < -0.3 is 4.57 Å². The number of nitrogens with zero attached hydrogens (tertiary/aromatic N) is 3. The lowest BCUT2D eigenvalue weighted by Crippen LogP contribution is -2.26. The van der Waals surface area contributed by atoms with Crippen LogP contribution in [0.15, 0.2) is 23.1 Å². The minimum Gasteiger partial charge on any atom is -0.354 e. The highest BCUT2D eigenvalue weighted by Crippen LogP contribution is 2.27. The molecule has 1 fully saturated rings. The third-order valence-electron chi connectivity index (χ3n) is 4.11. The fourth-order valence-corrected chi connectivity index (χ4v) is 3.02. The molecule has 5 nitrogen and oxygen atoms in total. The highest BCUT2D eigenvalue weighted by atomic mass is 16.1. The molecule has 1 aliphatic rings. The summed E-state index contributed by atoms with van der Waals surface area (Å²) in [5.41, 5.74) is 1.12. The Morgan fingerprint density at radius 3 is 2.84 bits per heavy atom. The molecule has 19 heavy (non-hydrogen) atoms. The van der Waals surface area contributed by atoms with Crippen LogP contribution in [0.5, 0.6) is 0 Å². The quantitative estimate of drug-likeness (QED) is 0.917. The van der Waals surface area contributed by atoms with Crippen LogP contribution in [0.3, 0.4) is 0 Å². The molecule has 2 aromatic rings. The Balaban J connectivity index is 1.90. The zero-order valence-electron chi connectivity index (χ0n) is 11.3. The molecule has 1 saturated carbocycles. The third kappa shape index (κ3) is 2.37. The molecule has 0 radical (unpaired) electrons. The highest BCUT2D eigenvalue weighted by molar-refractivity contribution is 5.12. The van der Waals surface area contributed by atoms with Crippen molar-refractivity contribution < 1.29 is 0 Å². The summed E-state index contributed by atoms with van der Waals surface area (Å²) in [7, 11) is 2.02. The molecule has 1 N–H and O–H groups in total. The van der Waals surface area contributed by atoms with Crippen molar-refractivity contribution in [3.05, 3.63) is 40.3 Å². The monoisotopic (exact) mass is 260 g/mol. The van der Waals surface area contributed by atoms with Gasteiger partial charge in [0.2, 0.25) is 0 Å². The van der Waals surface area contributed by atoms with Gasteiger partial charge in [-0.2, -0.15) is 5.10 Å². The van der Waals surface area contributed by atoms with E-state index in [0.29, 0.717) is 12.5 Å². The summed E-state index contributed by atoms with van der Waals surface area (Å²) in [6, 6.07) is 4.42. The van der Waals surface area contributed by atoms with Crippen LogP contribution >= 0.6 is 0 Å². The molecule has 0 bridgehead atoms. The average Bonchev–Trinajstić information content (AvgIpc) is 2.98. The first kappa shape index (κ1) is 12.3. The van der Waals surface area contributed by atoms with E-state index < -0.39 is 0 Å². The summed E-state index contributed by atoms with van der Waals surface area (Å²) in [5, 5.41) is 6.83. The predicted molar refractivity (Wildman–Crippen MR) is 73.2 cm³/mol. The molecular weight excluding hydrogens is 240 g/mol. The summed E-state index contributed by atoms with van der Waals surface area (Å²) in [6.07, 6.45) is 8.64.